The van der Waals surface area contributed by atoms with Crippen LogP contribution < -0.4 is 4.74 Å². The third-order valence-electron chi connectivity index (χ3n) is 4.74. The maximum atomic E-state index is 11.0. The molecule has 1 N–H and O–H groups in total. The molecule has 2 atom stereocenters. The van der Waals surface area contributed by atoms with Crippen molar-refractivity contribution < 1.29 is 9.84 Å². The highest BCUT2D eigenvalue weighted by Crippen LogP contribution is 2.49. The summed E-state index contributed by atoms with van der Waals surface area (Å²) < 4.78 is 5.56. The van der Waals surface area contributed by atoms with Crippen molar-refractivity contribution in [2.75, 3.05) is 6.61 Å². The van der Waals surface area contributed by atoms with Gasteiger partial charge in [0.05, 0.1) is 12.2 Å². The van der Waals surface area contributed by atoms with E-state index in [1.807, 2.05) is 25.1 Å². The Morgan fingerprint density at radius 1 is 1.26 bits per heavy atom. The molecule has 0 aliphatic heterocycles. The van der Waals surface area contributed by atoms with Gasteiger partial charge in [-0.1, -0.05) is 12.1 Å². The standard InChI is InChI=1S/C17H24O2/c1-2-19-16-7-3-6-15(11-16)17(18)10-4-5-14(12-17)13-8-9-13/h3,6-7,11,13-14,18H,2,4-5,8-10,12H2,1H3. The Bertz CT molecular complexity index is 439. The van der Waals surface area contributed by atoms with Gasteiger partial charge in [0.1, 0.15) is 5.75 Å². The van der Waals surface area contributed by atoms with E-state index in [0.29, 0.717) is 6.61 Å². The molecule has 0 aromatic heterocycles. The lowest BCUT2D eigenvalue weighted by Gasteiger charge is -2.37. The Labute approximate surface area is 115 Å². The van der Waals surface area contributed by atoms with Crippen LogP contribution in [0.5, 0.6) is 5.75 Å². The Hall–Kier alpha value is -1.02. The summed E-state index contributed by atoms with van der Waals surface area (Å²) >= 11 is 0. The maximum Gasteiger partial charge on any atom is 0.119 e. The fraction of sp³-hybridized carbons (Fsp3) is 0.647. The molecular formula is C17H24O2. The summed E-state index contributed by atoms with van der Waals surface area (Å²) in [5, 5.41) is 11.0. The van der Waals surface area contributed by atoms with Crippen molar-refractivity contribution in [1.29, 1.82) is 0 Å². The predicted octanol–water partition coefficient (Wildman–Crippen LogP) is 3.87. The highest BCUT2D eigenvalue weighted by atomic mass is 16.5. The van der Waals surface area contributed by atoms with E-state index in [4.69, 9.17) is 4.74 Å². The minimum Gasteiger partial charge on any atom is -0.494 e. The zero-order chi connectivity index (χ0) is 13.3. The summed E-state index contributed by atoms with van der Waals surface area (Å²) in [5.41, 5.74) is 0.419. The molecular weight excluding hydrogens is 236 g/mol. The van der Waals surface area contributed by atoms with Crippen molar-refractivity contribution in [2.45, 2.75) is 51.0 Å². The molecule has 1 aromatic carbocycles. The van der Waals surface area contributed by atoms with Gasteiger partial charge in [-0.05, 0) is 75.0 Å². The van der Waals surface area contributed by atoms with Crippen molar-refractivity contribution in [2.24, 2.45) is 11.8 Å². The summed E-state index contributed by atoms with van der Waals surface area (Å²) in [6.45, 7) is 2.66. The van der Waals surface area contributed by atoms with Gasteiger partial charge in [0.25, 0.3) is 0 Å². The normalized spacial score (nSPS) is 31.2. The van der Waals surface area contributed by atoms with Crippen molar-refractivity contribution >= 4 is 0 Å². The van der Waals surface area contributed by atoms with Crippen LogP contribution in [0, 0.1) is 11.8 Å². The maximum absolute atomic E-state index is 11.0. The zero-order valence-corrected chi connectivity index (χ0v) is 11.8. The molecule has 2 nitrogen and oxygen atoms in total. The zero-order valence-electron chi connectivity index (χ0n) is 11.8. The van der Waals surface area contributed by atoms with Gasteiger partial charge in [0.2, 0.25) is 0 Å². The predicted molar refractivity (Wildman–Crippen MR) is 76.2 cm³/mol. The highest BCUT2D eigenvalue weighted by molar-refractivity contribution is 5.32. The van der Waals surface area contributed by atoms with E-state index in [2.05, 4.69) is 6.07 Å². The van der Waals surface area contributed by atoms with Crippen LogP contribution in [-0.2, 0) is 5.60 Å². The van der Waals surface area contributed by atoms with E-state index in [-0.39, 0.29) is 0 Å². The van der Waals surface area contributed by atoms with Gasteiger partial charge in [0, 0.05) is 0 Å². The fourth-order valence-corrected chi connectivity index (χ4v) is 3.57. The first-order chi connectivity index (χ1) is 9.21. The van der Waals surface area contributed by atoms with Gasteiger partial charge >= 0.3 is 0 Å². The molecule has 0 bridgehead atoms. The number of aliphatic hydroxyl groups is 1. The second-order valence-electron chi connectivity index (χ2n) is 6.19. The lowest BCUT2D eigenvalue weighted by atomic mass is 9.73. The van der Waals surface area contributed by atoms with Crippen molar-refractivity contribution in [3.8, 4) is 5.75 Å². The molecule has 2 aliphatic carbocycles. The fourth-order valence-electron chi connectivity index (χ4n) is 3.57. The number of rotatable bonds is 4. The summed E-state index contributed by atoms with van der Waals surface area (Å²) in [7, 11) is 0. The molecule has 1 aromatic rings. The average Bonchev–Trinajstić information content (AvgIpc) is 3.24. The first kappa shape index (κ1) is 13.0. The van der Waals surface area contributed by atoms with E-state index in [9.17, 15) is 5.11 Å². The van der Waals surface area contributed by atoms with Crippen LogP contribution in [0.1, 0.15) is 51.0 Å². The van der Waals surface area contributed by atoms with Gasteiger partial charge in [-0.25, -0.2) is 0 Å². The van der Waals surface area contributed by atoms with Crippen molar-refractivity contribution in [3.63, 3.8) is 0 Å². The average molecular weight is 260 g/mol. The number of ether oxygens (including phenoxy) is 1. The van der Waals surface area contributed by atoms with Gasteiger partial charge in [0.15, 0.2) is 0 Å². The second-order valence-corrected chi connectivity index (χ2v) is 6.19. The van der Waals surface area contributed by atoms with E-state index in [1.165, 1.54) is 19.3 Å². The highest BCUT2D eigenvalue weighted by Gasteiger charge is 2.41. The number of hydrogen-bond acceptors (Lipinski definition) is 2. The lowest BCUT2D eigenvalue weighted by Crippen LogP contribution is -2.33. The van der Waals surface area contributed by atoms with Crippen molar-refractivity contribution in [3.05, 3.63) is 29.8 Å². The first-order valence-electron chi connectivity index (χ1n) is 7.67. The Morgan fingerprint density at radius 3 is 2.84 bits per heavy atom. The largest absolute Gasteiger partial charge is 0.494 e. The first-order valence-corrected chi connectivity index (χ1v) is 7.67. The molecule has 0 heterocycles. The quantitative estimate of drug-likeness (QED) is 0.890. The third kappa shape index (κ3) is 2.79. The molecule has 2 heteroatoms. The van der Waals surface area contributed by atoms with E-state index >= 15 is 0 Å². The van der Waals surface area contributed by atoms with Crippen molar-refractivity contribution in [1.82, 2.24) is 0 Å². The minimum absolute atomic E-state index is 0.626. The van der Waals surface area contributed by atoms with Gasteiger partial charge in [-0.3, -0.25) is 0 Å². The molecule has 19 heavy (non-hydrogen) atoms. The van der Waals surface area contributed by atoms with E-state index < -0.39 is 5.60 Å². The molecule has 0 amide bonds. The molecule has 0 spiro atoms. The molecule has 0 radical (unpaired) electrons. The van der Waals surface area contributed by atoms with Crippen LogP contribution >= 0.6 is 0 Å². The van der Waals surface area contributed by atoms with Gasteiger partial charge in [-0.15, -0.1) is 0 Å². The molecule has 2 unspecified atom stereocenters. The SMILES string of the molecule is CCOc1cccc(C2(O)CCCC(C3CC3)C2)c1. The third-order valence-corrected chi connectivity index (χ3v) is 4.74. The van der Waals surface area contributed by atoms with Crippen LogP contribution in [-0.4, -0.2) is 11.7 Å². The van der Waals surface area contributed by atoms with E-state index in [1.54, 1.807) is 0 Å². The van der Waals surface area contributed by atoms with Gasteiger partial charge in [-0.2, -0.15) is 0 Å². The Kier molecular flexibility index (Phi) is 3.53. The number of benzene rings is 1. The van der Waals surface area contributed by atoms with Crippen LogP contribution in [0.2, 0.25) is 0 Å². The smallest absolute Gasteiger partial charge is 0.119 e. The summed E-state index contributed by atoms with van der Waals surface area (Å²) in [4.78, 5) is 0. The van der Waals surface area contributed by atoms with Crippen LogP contribution in [0.25, 0.3) is 0 Å². The monoisotopic (exact) mass is 260 g/mol. The molecule has 3 rings (SSSR count). The molecule has 0 saturated heterocycles. The molecule has 2 fully saturated rings. The lowest BCUT2D eigenvalue weighted by molar-refractivity contribution is -0.0252. The molecule has 104 valence electrons. The number of hydrogen-bond donors (Lipinski definition) is 1. The van der Waals surface area contributed by atoms with E-state index in [0.717, 1.165) is 42.4 Å². The summed E-state index contributed by atoms with van der Waals surface area (Å²) in [5.74, 6) is 2.50. The van der Waals surface area contributed by atoms with Crippen LogP contribution in [0.4, 0.5) is 0 Å². The Balaban J connectivity index is 1.80. The summed E-state index contributed by atoms with van der Waals surface area (Å²) in [6.07, 6.45) is 7.03. The topological polar surface area (TPSA) is 29.5 Å². The van der Waals surface area contributed by atoms with Crippen LogP contribution in [0.3, 0.4) is 0 Å². The van der Waals surface area contributed by atoms with Gasteiger partial charge < -0.3 is 9.84 Å². The minimum atomic E-state index is -0.626. The molecule has 2 saturated carbocycles. The Morgan fingerprint density at radius 2 is 2.11 bits per heavy atom. The second kappa shape index (κ2) is 5.16. The summed E-state index contributed by atoms with van der Waals surface area (Å²) in [6, 6.07) is 8.05. The molecule has 2 aliphatic rings. The van der Waals surface area contributed by atoms with Crippen LogP contribution in [0.15, 0.2) is 24.3 Å².